The Morgan fingerprint density at radius 1 is 1.02 bits per heavy atom. The first kappa shape index (κ1) is 28.2. The summed E-state index contributed by atoms with van der Waals surface area (Å²) in [5, 5.41) is 23.0. The van der Waals surface area contributed by atoms with Gasteiger partial charge in [0, 0.05) is 23.6 Å². The molecule has 0 saturated carbocycles. The molecule has 0 unspecified atom stereocenters. The predicted octanol–water partition coefficient (Wildman–Crippen LogP) is 5.05. The topological polar surface area (TPSA) is 116 Å². The van der Waals surface area contributed by atoms with Crippen LogP contribution in [0.3, 0.4) is 0 Å². The molecule has 4 aromatic rings. The standard InChI is InChI=1S/C29H22ClF3N4O4/c30-18-6-9-24-22(12-18)28(41,16-38)29(32,33)10-11-37(24)27(40)23-14-35-25(15-34-23)36-26(39)21-13-19(31)7-8-20(21)17-4-2-1-3-5-17/h1-9,12-15,38,41H,10-11,16H2,(H,35,36,39)/t28-/m0/s1. The second-order valence-corrected chi connectivity index (χ2v) is 9.82. The Balaban J connectivity index is 1.41. The van der Waals surface area contributed by atoms with Crippen LogP contribution in [-0.4, -0.2) is 51.1 Å². The number of aliphatic hydroxyl groups excluding tert-OH is 1. The summed E-state index contributed by atoms with van der Waals surface area (Å²) in [7, 11) is 0. The average molecular weight is 583 g/mol. The number of nitrogens with one attached hydrogen (secondary N) is 1. The van der Waals surface area contributed by atoms with Crippen molar-refractivity contribution in [2.75, 3.05) is 23.4 Å². The molecule has 0 bridgehead atoms. The maximum Gasteiger partial charge on any atom is 0.284 e. The normalized spacial score (nSPS) is 17.9. The second-order valence-electron chi connectivity index (χ2n) is 9.39. The lowest BCUT2D eigenvalue weighted by Gasteiger charge is -2.33. The molecule has 5 rings (SSSR count). The molecule has 0 fully saturated rings. The molecule has 8 nitrogen and oxygen atoms in total. The van der Waals surface area contributed by atoms with Crippen molar-refractivity contribution in [2.45, 2.75) is 17.9 Å². The zero-order valence-electron chi connectivity index (χ0n) is 21.2. The lowest BCUT2D eigenvalue weighted by molar-refractivity contribution is -0.205. The van der Waals surface area contributed by atoms with E-state index in [-0.39, 0.29) is 27.8 Å². The molecule has 2 heterocycles. The zero-order valence-corrected chi connectivity index (χ0v) is 21.9. The number of carbonyl (C=O) groups is 2. The Morgan fingerprint density at radius 2 is 1.78 bits per heavy atom. The van der Waals surface area contributed by atoms with Crippen molar-refractivity contribution < 1.29 is 33.0 Å². The molecule has 1 aliphatic rings. The van der Waals surface area contributed by atoms with E-state index >= 15 is 0 Å². The summed E-state index contributed by atoms with van der Waals surface area (Å²) in [6.07, 6.45) is 1.20. The summed E-state index contributed by atoms with van der Waals surface area (Å²) in [6.45, 7) is -1.81. The van der Waals surface area contributed by atoms with Gasteiger partial charge in [0.15, 0.2) is 11.4 Å². The summed E-state index contributed by atoms with van der Waals surface area (Å²) in [5.74, 6) is -5.92. The number of fused-ring (bicyclic) bond motifs is 1. The lowest BCUT2D eigenvalue weighted by Crippen LogP contribution is -2.48. The van der Waals surface area contributed by atoms with Gasteiger partial charge in [-0.3, -0.25) is 9.59 Å². The van der Waals surface area contributed by atoms with Gasteiger partial charge in [0.05, 0.1) is 30.3 Å². The van der Waals surface area contributed by atoms with Gasteiger partial charge in [-0.15, -0.1) is 0 Å². The van der Waals surface area contributed by atoms with E-state index < -0.39 is 54.3 Å². The lowest BCUT2D eigenvalue weighted by atomic mass is 9.86. The van der Waals surface area contributed by atoms with Crippen LogP contribution in [0.4, 0.5) is 24.7 Å². The molecule has 41 heavy (non-hydrogen) atoms. The van der Waals surface area contributed by atoms with Crippen LogP contribution < -0.4 is 10.2 Å². The van der Waals surface area contributed by atoms with Gasteiger partial charge < -0.3 is 20.4 Å². The van der Waals surface area contributed by atoms with Gasteiger partial charge in [-0.25, -0.2) is 23.1 Å². The van der Waals surface area contributed by atoms with Crippen LogP contribution in [0.5, 0.6) is 0 Å². The Labute approximate surface area is 237 Å². The minimum atomic E-state index is -3.79. The molecule has 1 aromatic heterocycles. The van der Waals surface area contributed by atoms with Crippen molar-refractivity contribution >= 4 is 34.9 Å². The van der Waals surface area contributed by atoms with Crippen molar-refractivity contribution in [1.29, 1.82) is 0 Å². The Kier molecular flexibility index (Phi) is 7.52. The molecule has 3 N–H and O–H groups in total. The molecule has 1 aliphatic heterocycles. The zero-order chi connectivity index (χ0) is 29.4. The van der Waals surface area contributed by atoms with Crippen LogP contribution in [-0.2, 0) is 5.60 Å². The minimum absolute atomic E-state index is 0.0225. The van der Waals surface area contributed by atoms with Crippen molar-refractivity contribution in [3.63, 3.8) is 0 Å². The van der Waals surface area contributed by atoms with E-state index in [0.29, 0.717) is 11.1 Å². The van der Waals surface area contributed by atoms with E-state index in [1.807, 2.05) is 6.07 Å². The SMILES string of the molecule is O=C(Nc1cnc(C(=O)N2CCC(F)(F)[C@](O)(CO)c3cc(Cl)ccc32)cn1)c1cc(F)ccc1-c1ccccc1. The van der Waals surface area contributed by atoms with Crippen LogP contribution in [0, 0.1) is 5.82 Å². The van der Waals surface area contributed by atoms with Gasteiger partial charge in [0.1, 0.15) is 11.5 Å². The number of halogens is 4. The molecular weight excluding hydrogens is 561 g/mol. The molecule has 0 radical (unpaired) electrons. The molecule has 1 atom stereocenters. The summed E-state index contributed by atoms with van der Waals surface area (Å²) >= 11 is 5.99. The summed E-state index contributed by atoms with van der Waals surface area (Å²) in [6, 6.07) is 16.5. The molecule has 0 aliphatic carbocycles. The van der Waals surface area contributed by atoms with Gasteiger partial charge in [-0.05, 0) is 41.5 Å². The molecule has 2 amide bonds. The minimum Gasteiger partial charge on any atom is -0.393 e. The van der Waals surface area contributed by atoms with Crippen molar-refractivity contribution in [2.24, 2.45) is 0 Å². The summed E-state index contributed by atoms with van der Waals surface area (Å²) in [5.41, 5.74) is -2.47. The van der Waals surface area contributed by atoms with Crippen LogP contribution >= 0.6 is 11.6 Å². The van der Waals surface area contributed by atoms with E-state index in [4.69, 9.17) is 11.6 Å². The summed E-state index contributed by atoms with van der Waals surface area (Å²) in [4.78, 5) is 35.5. The summed E-state index contributed by atoms with van der Waals surface area (Å²) < 4.78 is 43.9. The third-order valence-electron chi connectivity index (χ3n) is 6.85. The van der Waals surface area contributed by atoms with Crippen LogP contribution in [0.1, 0.15) is 32.8 Å². The Morgan fingerprint density at radius 3 is 2.46 bits per heavy atom. The van der Waals surface area contributed by atoms with Crippen LogP contribution in [0.15, 0.2) is 79.1 Å². The number of benzene rings is 3. The maximum atomic E-state index is 15.0. The van der Waals surface area contributed by atoms with Crippen molar-refractivity contribution in [3.8, 4) is 11.1 Å². The highest BCUT2D eigenvalue weighted by Crippen LogP contribution is 2.47. The highest BCUT2D eigenvalue weighted by atomic mass is 35.5. The van der Waals surface area contributed by atoms with Crippen LogP contribution in [0.2, 0.25) is 5.02 Å². The first-order chi connectivity index (χ1) is 19.5. The third-order valence-corrected chi connectivity index (χ3v) is 7.08. The fourth-order valence-electron chi connectivity index (χ4n) is 4.66. The molecule has 210 valence electrons. The molecule has 12 heteroatoms. The molecule has 0 saturated heterocycles. The van der Waals surface area contributed by atoms with Gasteiger partial charge in [-0.1, -0.05) is 48.0 Å². The quantitative estimate of drug-likeness (QED) is 0.303. The molecule has 0 spiro atoms. The van der Waals surface area contributed by atoms with Crippen molar-refractivity contribution in [3.05, 3.63) is 107 Å². The first-order valence-electron chi connectivity index (χ1n) is 12.4. The number of hydrogen-bond donors (Lipinski definition) is 3. The van der Waals surface area contributed by atoms with E-state index in [2.05, 4.69) is 15.3 Å². The molecular formula is C29H22ClF3N4O4. The first-order valence-corrected chi connectivity index (χ1v) is 12.7. The van der Waals surface area contributed by atoms with E-state index in [1.165, 1.54) is 24.3 Å². The highest BCUT2D eigenvalue weighted by molar-refractivity contribution is 6.30. The number of aliphatic hydroxyl groups is 2. The van der Waals surface area contributed by atoms with Gasteiger partial charge in [0.2, 0.25) is 0 Å². The van der Waals surface area contributed by atoms with Gasteiger partial charge >= 0.3 is 0 Å². The number of rotatable bonds is 5. The number of hydrogen-bond acceptors (Lipinski definition) is 6. The van der Waals surface area contributed by atoms with E-state index in [1.54, 1.807) is 24.3 Å². The monoisotopic (exact) mass is 582 g/mol. The van der Waals surface area contributed by atoms with Gasteiger partial charge in [0.25, 0.3) is 17.7 Å². The van der Waals surface area contributed by atoms with E-state index in [0.717, 1.165) is 29.4 Å². The number of nitrogens with zero attached hydrogens (tertiary/aromatic N) is 3. The third kappa shape index (κ3) is 5.26. The van der Waals surface area contributed by atoms with Gasteiger partial charge in [-0.2, -0.15) is 0 Å². The number of aromatic nitrogens is 2. The number of carbonyl (C=O) groups excluding carboxylic acids is 2. The smallest absolute Gasteiger partial charge is 0.284 e. The second kappa shape index (κ2) is 10.9. The number of alkyl halides is 2. The largest absolute Gasteiger partial charge is 0.393 e. The molecule has 3 aromatic carbocycles. The average Bonchev–Trinajstić information content (AvgIpc) is 3.05. The number of amides is 2. The Hall–Kier alpha value is -4.32. The number of anilines is 2. The fraction of sp³-hybridized carbons (Fsp3) is 0.172. The van der Waals surface area contributed by atoms with Crippen LogP contribution in [0.25, 0.3) is 11.1 Å². The van der Waals surface area contributed by atoms with E-state index in [9.17, 15) is 33.0 Å². The maximum absolute atomic E-state index is 15.0. The highest BCUT2D eigenvalue weighted by Gasteiger charge is 2.56. The predicted molar refractivity (Wildman–Crippen MR) is 145 cm³/mol. The fourth-order valence-corrected chi connectivity index (χ4v) is 4.83. The Bertz CT molecular complexity index is 1620. The van der Waals surface area contributed by atoms with Crippen molar-refractivity contribution in [1.82, 2.24) is 9.97 Å².